The van der Waals surface area contributed by atoms with Crippen LogP contribution in [0, 0.1) is 0 Å². The predicted octanol–water partition coefficient (Wildman–Crippen LogP) is 0.416. The molecule has 1 unspecified atom stereocenters. The number of hydrogen-bond acceptors (Lipinski definition) is 3. The smallest absolute Gasteiger partial charge is 0.217 e. The number of carbonyl (C=O) groups excluding carboxylic acids is 1. The number of nitrogens with one attached hydrogen (secondary N) is 1. The summed E-state index contributed by atoms with van der Waals surface area (Å²) in [4.78, 5) is 10.7. The lowest BCUT2D eigenvalue weighted by Crippen LogP contribution is -2.31. The molecule has 0 radical (unpaired) electrons. The van der Waals surface area contributed by atoms with Gasteiger partial charge in [0.05, 0.1) is 12.3 Å². The Balaban J connectivity index is 2.63. The Morgan fingerprint density at radius 1 is 1.83 bits per heavy atom. The van der Waals surface area contributed by atoms with Crippen molar-refractivity contribution in [1.29, 1.82) is 0 Å². The second kappa shape index (κ2) is 3.92. The molecule has 1 aromatic heterocycles. The minimum atomic E-state index is -0.211. The van der Waals surface area contributed by atoms with Crippen LogP contribution in [0.15, 0.2) is 22.8 Å². The van der Waals surface area contributed by atoms with Crippen LogP contribution in [-0.4, -0.2) is 12.5 Å². The van der Waals surface area contributed by atoms with Crippen molar-refractivity contribution in [3.05, 3.63) is 24.2 Å². The predicted molar refractivity (Wildman–Crippen MR) is 44.3 cm³/mol. The molecule has 0 aromatic carbocycles. The van der Waals surface area contributed by atoms with E-state index in [0.29, 0.717) is 12.3 Å². The molecule has 66 valence electrons. The molecule has 1 aromatic rings. The Morgan fingerprint density at radius 3 is 3.00 bits per heavy atom. The summed E-state index contributed by atoms with van der Waals surface area (Å²) in [5.74, 6) is 0.578. The van der Waals surface area contributed by atoms with Crippen molar-refractivity contribution in [1.82, 2.24) is 5.32 Å². The van der Waals surface area contributed by atoms with E-state index in [1.807, 2.05) is 0 Å². The summed E-state index contributed by atoms with van der Waals surface area (Å²) in [7, 11) is 0. The van der Waals surface area contributed by atoms with Gasteiger partial charge in [0.25, 0.3) is 0 Å². The van der Waals surface area contributed by atoms with Gasteiger partial charge in [-0.3, -0.25) is 4.79 Å². The lowest BCUT2D eigenvalue weighted by Gasteiger charge is -2.11. The molecule has 0 aliphatic rings. The molecule has 0 spiro atoms. The zero-order chi connectivity index (χ0) is 8.97. The van der Waals surface area contributed by atoms with E-state index < -0.39 is 0 Å². The normalized spacial score (nSPS) is 12.5. The van der Waals surface area contributed by atoms with Crippen molar-refractivity contribution < 1.29 is 9.21 Å². The first-order valence-electron chi connectivity index (χ1n) is 3.74. The van der Waals surface area contributed by atoms with E-state index in [0.717, 1.165) is 0 Å². The molecule has 1 heterocycles. The maximum absolute atomic E-state index is 10.7. The van der Waals surface area contributed by atoms with Gasteiger partial charge in [0.15, 0.2) is 0 Å². The molecule has 0 aliphatic heterocycles. The number of nitrogens with two attached hydrogens (primary N) is 1. The third-order valence-corrected chi connectivity index (χ3v) is 1.50. The molecule has 1 rings (SSSR count). The van der Waals surface area contributed by atoms with E-state index in [1.165, 1.54) is 6.92 Å². The third-order valence-electron chi connectivity index (χ3n) is 1.50. The Hall–Kier alpha value is -1.29. The maximum atomic E-state index is 10.7. The number of hydrogen-bond donors (Lipinski definition) is 2. The molecule has 1 amide bonds. The van der Waals surface area contributed by atoms with Crippen LogP contribution >= 0.6 is 0 Å². The van der Waals surface area contributed by atoms with E-state index in [1.54, 1.807) is 18.4 Å². The van der Waals surface area contributed by atoms with Crippen LogP contribution in [0.2, 0.25) is 0 Å². The molecule has 0 fully saturated rings. The standard InChI is InChI=1S/C8H12N2O2/c1-6(11)10-7(5-9)8-3-2-4-12-8/h2-4,7H,5,9H2,1H3,(H,10,11). The number of amides is 1. The van der Waals surface area contributed by atoms with Crippen molar-refractivity contribution in [2.24, 2.45) is 5.73 Å². The minimum absolute atomic E-state index is 0.109. The van der Waals surface area contributed by atoms with Crippen molar-refractivity contribution in [3.8, 4) is 0 Å². The molecule has 0 saturated heterocycles. The van der Waals surface area contributed by atoms with Crippen LogP contribution in [0.25, 0.3) is 0 Å². The number of furan rings is 1. The largest absolute Gasteiger partial charge is 0.467 e. The Bertz CT molecular complexity index is 244. The quantitative estimate of drug-likeness (QED) is 0.687. The summed E-state index contributed by atoms with van der Waals surface area (Å²) in [5.41, 5.74) is 5.44. The SMILES string of the molecule is CC(=O)NC(CN)c1ccco1. The highest BCUT2D eigenvalue weighted by molar-refractivity contribution is 5.73. The van der Waals surface area contributed by atoms with E-state index in [-0.39, 0.29) is 11.9 Å². The van der Waals surface area contributed by atoms with E-state index >= 15 is 0 Å². The van der Waals surface area contributed by atoms with Gasteiger partial charge in [-0.25, -0.2) is 0 Å². The zero-order valence-electron chi connectivity index (χ0n) is 6.91. The second-order valence-electron chi connectivity index (χ2n) is 2.50. The molecule has 4 heteroatoms. The van der Waals surface area contributed by atoms with Crippen molar-refractivity contribution in [2.75, 3.05) is 6.54 Å². The summed E-state index contributed by atoms with van der Waals surface area (Å²) >= 11 is 0. The van der Waals surface area contributed by atoms with Crippen molar-refractivity contribution in [2.45, 2.75) is 13.0 Å². The average molecular weight is 168 g/mol. The Labute approximate surface area is 70.7 Å². The summed E-state index contributed by atoms with van der Waals surface area (Å²) in [6.07, 6.45) is 1.56. The van der Waals surface area contributed by atoms with E-state index in [9.17, 15) is 4.79 Å². The van der Waals surface area contributed by atoms with Crippen LogP contribution in [0.1, 0.15) is 18.7 Å². The molecular weight excluding hydrogens is 156 g/mol. The summed E-state index contributed by atoms with van der Waals surface area (Å²) < 4.78 is 5.09. The van der Waals surface area contributed by atoms with Gasteiger partial charge in [0.1, 0.15) is 5.76 Å². The van der Waals surface area contributed by atoms with Crippen molar-refractivity contribution in [3.63, 3.8) is 0 Å². The van der Waals surface area contributed by atoms with Gasteiger partial charge in [-0.15, -0.1) is 0 Å². The van der Waals surface area contributed by atoms with Crippen LogP contribution in [0.3, 0.4) is 0 Å². The Kier molecular flexibility index (Phi) is 2.88. The van der Waals surface area contributed by atoms with Gasteiger partial charge in [-0.2, -0.15) is 0 Å². The van der Waals surface area contributed by atoms with Crippen LogP contribution in [0.5, 0.6) is 0 Å². The van der Waals surface area contributed by atoms with Gasteiger partial charge < -0.3 is 15.5 Å². The highest BCUT2D eigenvalue weighted by atomic mass is 16.3. The monoisotopic (exact) mass is 168 g/mol. The first-order valence-corrected chi connectivity index (χ1v) is 3.74. The highest BCUT2D eigenvalue weighted by Crippen LogP contribution is 2.11. The lowest BCUT2D eigenvalue weighted by atomic mass is 10.2. The molecule has 0 saturated carbocycles. The van der Waals surface area contributed by atoms with Gasteiger partial charge in [0.2, 0.25) is 5.91 Å². The van der Waals surface area contributed by atoms with Crippen LogP contribution < -0.4 is 11.1 Å². The molecule has 0 bridgehead atoms. The molecule has 12 heavy (non-hydrogen) atoms. The van der Waals surface area contributed by atoms with Crippen LogP contribution in [0.4, 0.5) is 0 Å². The van der Waals surface area contributed by atoms with Crippen molar-refractivity contribution >= 4 is 5.91 Å². The van der Waals surface area contributed by atoms with Gasteiger partial charge >= 0.3 is 0 Å². The lowest BCUT2D eigenvalue weighted by molar-refractivity contribution is -0.119. The van der Waals surface area contributed by atoms with Gasteiger partial charge in [-0.1, -0.05) is 0 Å². The first kappa shape index (κ1) is 8.80. The van der Waals surface area contributed by atoms with E-state index in [4.69, 9.17) is 10.2 Å². The fourth-order valence-corrected chi connectivity index (χ4v) is 0.981. The third kappa shape index (κ3) is 2.10. The highest BCUT2D eigenvalue weighted by Gasteiger charge is 2.12. The zero-order valence-corrected chi connectivity index (χ0v) is 6.91. The fraction of sp³-hybridized carbons (Fsp3) is 0.375. The summed E-state index contributed by atoms with van der Waals surface area (Å²) in [6, 6.07) is 3.34. The van der Waals surface area contributed by atoms with Crippen LogP contribution in [-0.2, 0) is 4.79 Å². The maximum Gasteiger partial charge on any atom is 0.217 e. The average Bonchev–Trinajstić information content (AvgIpc) is 2.51. The fourth-order valence-electron chi connectivity index (χ4n) is 0.981. The minimum Gasteiger partial charge on any atom is -0.467 e. The first-order chi connectivity index (χ1) is 5.74. The number of rotatable bonds is 3. The number of carbonyl (C=O) groups is 1. The molecule has 4 nitrogen and oxygen atoms in total. The topological polar surface area (TPSA) is 68.3 Å². The molecular formula is C8H12N2O2. The molecule has 1 atom stereocenters. The van der Waals surface area contributed by atoms with Gasteiger partial charge in [-0.05, 0) is 12.1 Å². The molecule has 3 N–H and O–H groups in total. The van der Waals surface area contributed by atoms with E-state index in [2.05, 4.69) is 5.32 Å². The molecule has 0 aliphatic carbocycles. The second-order valence-corrected chi connectivity index (χ2v) is 2.50. The van der Waals surface area contributed by atoms with Gasteiger partial charge in [0, 0.05) is 13.5 Å². The summed E-state index contributed by atoms with van der Waals surface area (Å²) in [5, 5.41) is 2.67. The summed E-state index contributed by atoms with van der Waals surface area (Å²) in [6.45, 7) is 1.79. The Morgan fingerprint density at radius 2 is 2.58 bits per heavy atom.